The van der Waals surface area contributed by atoms with Crippen LogP contribution in [0.1, 0.15) is 38.2 Å². The van der Waals surface area contributed by atoms with Crippen LogP contribution in [0.25, 0.3) is 0 Å². The molecular formula is C19H31N3O2. The van der Waals surface area contributed by atoms with E-state index in [2.05, 4.69) is 40.7 Å². The van der Waals surface area contributed by atoms with Crippen LogP contribution in [-0.2, 0) is 10.2 Å². The van der Waals surface area contributed by atoms with Crippen LogP contribution in [-0.4, -0.2) is 46.4 Å². The van der Waals surface area contributed by atoms with E-state index in [1.165, 1.54) is 31.2 Å². The lowest BCUT2D eigenvalue weighted by Gasteiger charge is -2.31. The minimum absolute atomic E-state index is 0.149. The molecule has 1 fully saturated rings. The molecule has 5 heteroatoms. The van der Waals surface area contributed by atoms with Gasteiger partial charge < -0.3 is 20.1 Å². The molecule has 2 N–H and O–H groups in total. The number of hydrogen-bond donors (Lipinski definition) is 2. The van der Waals surface area contributed by atoms with E-state index in [4.69, 9.17) is 9.47 Å². The Labute approximate surface area is 145 Å². The number of guanidine groups is 1. The highest BCUT2D eigenvalue weighted by Crippen LogP contribution is 2.41. The largest absolute Gasteiger partial charge is 0.497 e. The van der Waals surface area contributed by atoms with Crippen LogP contribution in [0.5, 0.6) is 5.75 Å². The maximum atomic E-state index is 5.42. The van der Waals surface area contributed by atoms with Crippen molar-refractivity contribution in [2.75, 3.05) is 34.4 Å². The van der Waals surface area contributed by atoms with Crippen LogP contribution in [0.3, 0.4) is 0 Å². The summed E-state index contributed by atoms with van der Waals surface area (Å²) in [6.45, 7) is 3.62. The van der Waals surface area contributed by atoms with E-state index < -0.39 is 0 Å². The fourth-order valence-corrected chi connectivity index (χ4v) is 3.54. The third-order valence-corrected chi connectivity index (χ3v) is 4.86. The van der Waals surface area contributed by atoms with Gasteiger partial charge in [-0.25, -0.2) is 0 Å². The fraction of sp³-hybridized carbons (Fsp3) is 0.632. The normalized spacial score (nSPS) is 18.2. The summed E-state index contributed by atoms with van der Waals surface area (Å²) in [5.74, 6) is 1.75. The molecular weight excluding hydrogens is 302 g/mol. The number of aliphatic imine (C=N–C) groups is 1. The van der Waals surface area contributed by atoms with E-state index in [1.807, 2.05) is 13.1 Å². The van der Waals surface area contributed by atoms with Gasteiger partial charge in [-0.15, -0.1) is 0 Å². The van der Waals surface area contributed by atoms with Crippen molar-refractivity contribution < 1.29 is 9.47 Å². The first-order valence-electron chi connectivity index (χ1n) is 8.74. The number of ether oxygens (including phenoxy) is 2. The third-order valence-electron chi connectivity index (χ3n) is 4.86. The zero-order chi connectivity index (χ0) is 17.4. The molecule has 1 saturated carbocycles. The van der Waals surface area contributed by atoms with Gasteiger partial charge >= 0.3 is 0 Å². The molecule has 0 aliphatic heterocycles. The molecule has 0 radical (unpaired) electrons. The predicted molar refractivity (Wildman–Crippen MR) is 99.0 cm³/mol. The minimum atomic E-state index is 0.149. The van der Waals surface area contributed by atoms with Gasteiger partial charge in [-0.2, -0.15) is 0 Å². The first kappa shape index (κ1) is 18.6. The van der Waals surface area contributed by atoms with E-state index in [0.29, 0.717) is 6.61 Å². The third kappa shape index (κ3) is 4.63. The number of nitrogens with one attached hydrogen (secondary N) is 2. The van der Waals surface area contributed by atoms with E-state index in [9.17, 15) is 0 Å². The highest BCUT2D eigenvalue weighted by atomic mass is 16.5. The topological polar surface area (TPSA) is 54.9 Å². The molecule has 1 aromatic carbocycles. The van der Waals surface area contributed by atoms with Crippen LogP contribution < -0.4 is 15.4 Å². The lowest BCUT2D eigenvalue weighted by Crippen LogP contribution is -2.48. The van der Waals surface area contributed by atoms with Crippen LogP contribution in [0.4, 0.5) is 0 Å². The van der Waals surface area contributed by atoms with Gasteiger partial charge in [0, 0.05) is 32.2 Å². The molecule has 134 valence electrons. The lowest BCUT2D eigenvalue weighted by molar-refractivity contribution is 0.179. The highest BCUT2D eigenvalue weighted by Gasteiger charge is 2.36. The summed E-state index contributed by atoms with van der Waals surface area (Å²) >= 11 is 0. The van der Waals surface area contributed by atoms with Gasteiger partial charge in [0.1, 0.15) is 5.75 Å². The summed E-state index contributed by atoms with van der Waals surface area (Å²) in [5, 5.41) is 6.89. The number of hydrogen-bond acceptors (Lipinski definition) is 3. The molecule has 1 aliphatic carbocycles. The van der Waals surface area contributed by atoms with Crippen molar-refractivity contribution in [3.8, 4) is 5.75 Å². The van der Waals surface area contributed by atoms with Crippen LogP contribution in [0.2, 0.25) is 0 Å². The van der Waals surface area contributed by atoms with Gasteiger partial charge in [0.2, 0.25) is 0 Å². The Morgan fingerprint density at radius 3 is 2.67 bits per heavy atom. The number of nitrogens with zero attached hydrogens (tertiary/aromatic N) is 1. The highest BCUT2D eigenvalue weighted by molar-refractivity contribution is 5.80. The fourth-order valence-electron chi connectivity index (χ4n) is 3.54. The van der Waals surface area contributed by atoms with Gasteiger partial charge in [0.25, 0.3) is 0 Å². The minimum Gasteiger partial charge on any atom is -0.497 e. The van der Waals surface area contributed by atoms with E-state index in [1.54, 1.807) is 14.2 Å². The Morgan fingerprint density at radius 2 is 2.04 bits per heavy atom. The van der Waals surface area contributed by atoms with Gasteiger partial charge in [-0.1, -0.05) is 25.0 Å². The molecule has 2 rings (SSSR count). The summed E-state index contributed by atoms with van der Waals surface area (Å²) in [7, 11) is 5.24. The monoisotopic (exact) mass is 333 g/mol. The summed E-state index contributed by atoms with van der Waals surface area (Å²) in [6, 6.07) is 8.71. The number of benzene rings is 1. The SMILES string of the molecule is CN=C(NCC1(c2cccc(OC)c2)CCCC1)NC(C)COC. The second-order valence-electron chi connectivity index (χ2n) is 6.65. The molecule has 24 heavy (non-hydrogen) atoms. The molecule has 0 amide bonds. The van der Waals surface area contributed by atoms with Gasteiger partial charge in [-0.3, -0.25) is 4.99 Å². The predicted octanol–water partition coefficient (Wildman–Crippen LogP) is 2.71. The second kappa shape index (κ2) is 8.92. The zero-order valence-corrected chi connectivity index (χ0v) is 15.4. The average molecular weight is 333 g/mol. The summed E-state index contributed by atoms with van der Waals surface area (Å²) in [4.78, 5) is 4.34. The summed E-state index contributed by atoms with van der Waals surface area (Å²) in [5.41, 5.74) is 1.50. The van der Waals surface area contributed by atoms with E-state index in [-0.39, 0.29) is 11.5 Å². The quantitative estimate of drug-likeness (QED) is 0.595. The molecule has 0 bridgehead atoms. The number of rotatable bonds is 7. The van der Waals surface area contributed by atoms with Crippen molar-refractivity contribution in [2.45, 2.75) is 44.1 Å². The zero-order valence-electron chi connectivity index (χ0n) is 15.4. The molecule has 0 heterocycles. The Hall–Kier alpha value is -1.75. The summed E-state index contributed by atoms with van der Waals surface area (Å²) in [6.07, 6.45) is 4.92. The van der Waals surface area contributed by atoms with Crippen LogP contribution >= 0.6 is 0 Å². The Bertz CT molecular complexity index is 539. The van der Waals surface area contributed by atoms with Gasteiger partial charge in [0.05, 0.1) is 13.7 Å². The van der Waals surface area contributed by atoms with Crippen molar-refractivity contribution in [2.24, 2.45) is 4.99 Å². The first-order valence-corrected chi connectivity index (χ1v) is 8.74. The maximum Gasteiger partial charge on any atom is 0.191 e. The smallest absolute Gasteiger partial charge is 0.191 e. The average Bonchev–Trinajstić information content (AvgIpc) is 3.09. The van der Waals surface area contributed by atoms with Gasteiger partial charge in [0.15, 0.2) is 5.96 Å². The molecule has 1 unspecified atom stereocenters. The molecule has 0 saturated heterocycles. The first-order chi connectivity index (χ1) is 11.6. The van der Waals surface area contributed by atoms with Crippen LogP contribution in [0.15, 0.2) is 29.3 Å². The van der Waals surface area contributed by atoms with E-state index >= 15 is 0 Å². The molecule has 5 nitrogen and oxygen atoms in total. The second-order valence-corrected chi connectivity index (χ2v) is 6.65. The number of methoxy groups -OCH3 is 2. The summed E-state index contributed by atoms with van der Waals surface area (Å²) < 4.78 is 10.6. The standard InChI is InChI=1S/C19H31N3O2/c1-15(13-23-3)22-18(20-2)21-14-19(10-5-6-11-19)16-8-7-9-17(12-16)24-4/h7-9,12,15H,5-6,10-11,13-14H2,1-4H3,(H2,20,21,22). The van der Waals surface area contributed by atoms with Crippen molar-refractivity contribution in [1.82, 2.24) is 10.6 Å². The molecule has 1 atom stereocenters. The molecule has 1 aliphatic rings. The van der Waals surface area contributed by atoms with Crippen molar-refractivity contribution in [3.63, 3.8) is 0 Å². The van der Waals surface area contributed by atoms with Crippen molar-refractivity contribution >= 4 is 5.96 Å². The van der Waals surface area contributed by atoms with Crippen LogP contribution in [0, 0.1) is 0 Å². The Morgan fingerprint density at radius 1 is 1.29 bits per heavy atom. The molecule has 0 aromatic heterocycles. The van der Waals surface area contributed by atoms with Gasteiger partial charge in [-0.05, 0) is 37.5 Å². The van der Waals surface area contributed by atoms with Crippen molar-refractivity contribution in [1.29, 1.82) is 0 Å². The molecule has 1 aromatic rings. The van der Waals surface area contributed by atoms with Crippen molar-refractivity contribution in [3.05, 3.63) is 29.8 Å². The maximum absolute atomic E-state index is 5.42. The van der Waals surface area contributed by atoms with E-state index in [0.717, 1.165) is 18.3 Å². The Balaban J connectivity index is 2.07. The Kier molecular flexibility index (Phi) is 6.91. The lowest BCUT2D eigenvalue weighted by atomic mass is 9.78. The molecule has 0 spiro atoms.